The molecule has 1 aliphatic heterocycles. The Morgan fingerprint density at radius 3 is 2.83 bits per heavy atom. The van der Waals surface area contributed by atoms with Gasteiger partial charge < -0.3 is 0 Å². The quantitative estimate of drug-likeness (QED) is 0.800. The molecule has 0 spiro atoms. The van der Waals surface area contributed by atoms with E-state index in [1.165, 1.54) is 0 Å². The number of nitrogens with zero attached hydrogens (tertiary/aromatic N) is 1. The number of alkyl halides is 1. The standard InChI is InChI=1S/C13H18BrNO2S/c1-10-5-6-11(15-9-10)8-12(14)13-4-2-3-7-18(13,16)17/h5-6,9,12-13H,2-4,7-8H2,1H3. The summed E-state index contributed by atoms with van der Waals surface area (Å²) in [6, 6.07) is 3.98. The summed E-state index contributed by atoms with van der Waals surface area (Å²) in [5, 5.41) is -0.255. The molecule has 1 aromatic heterocycles. The van der Waals surface area contributed by atoms with Crippen molar-refractivity contribution >= 4 is 25.8 Å². The number of aryl methyl sites for hydroxylation is 1. The van der Waals surface area contributed by atoms with E-state index in [0.717, 1.165) is 30.5 Å². The molecule has 1 aliphatic rings. The number of hydrogen-bond acceptors (Lipinski definition) is 3. The monoisotopic (exact) mass is 331 g/mol. The lowest BCUT2D eigenvalue weighted by Gasteiger charge is -2.26. The molecule has 1 aromatic rings. The highest BCUT2D eigenvalue weighted by atomic mass is 79.9. The number of rotatable bonds is 3. The summed E-state index contributed by atoms with van der Waals surface area (Å²) >= 11 is 3.55. The Bertz CT molecular complexity index is 498. The van der Waals surface area contributed by atoms with Gasteiger partial charge in [-0.25, -0.2) is 8.42 Å². The van der Waals surface area contributed by atoms with Crippen molar-refractivity contribution in [3.05, 3.63) is 29.6 Å². The van der Waals surface area contributed by atoms with Crippen LogP contribution in [0.5, 0.6) is 0 Å². The zero-order valence-corrected chi connectivity index (χ0v) is 12.9. The number of halogens is 1. The average molecular weight is 332 g/mol. The van der Waals surface area contributed by atoms with Crippen LogP contribution < -0.4 is 0 Å². The Labute approximate surface area is 117 Å². The highest BCUT2D eigenvalue weighted by Gasteiger charge is 2.34. The van der Waals surface area contributed by atoms with Gasteiger partial charge in [0, 0.05) is 23.1 Å². The molecule has 0 aliphatic carbocycles. The molecule has 3 nitrogen and oxygen atoms in total. The Hall–Kier alpha value is -0.420. The van der Waals surface area contributed by atoms with Crippen LogP contribution in [-0.2, 0) is 16.3 Å². The molecule has 18 heavy (non-hydrogen) atoms. The SMILES string of the molecule is Cc1ccc(CC(Br)C2CCCCS2(=O)=O)nc1. The van der Waals surface area contributed by atoms with Crippen LogP contribution in [0.2, 0.25) is 0 Å². The van der Waals surface area contributed by atoms with Crippen molar-refractivity contribution in [2.24, 2.45) is 0 Å². The summed E-state index contributed by atoms with van der Waals surface area (Å²) < 4.78 is 24.0. The molecule has 2 atom stereocenters. The molecule has 1 fully saturated rings. The van der Waals surface area contributed by atoms with Gasteiger partial charge in [-0.05, 0) is 31.4 Å². The van der Waals surface area contributed by atoms with E-state index in [0.29, 0.717) is 12.2 Å². The van der Waals surface area contributed by atoms with Gasteiger partial charge in [-0.15, -0.1) is 0 Å². The zero-order valence-electron chi connectivity index (χ0n) is 10.5. The Balaban J connectivity index is 2.07. The highest BCUT2D eigenvalue weighted by Crippen LogP contribution is 2.28. The molecule has 2 heterocycles. The van der Waals surface area contributed by atoms with Crippen LogP contribution in [0.15, 0.2) is 18.3 Å². The lowest BCUT2D eigenvalue weighted by molar-refractivity contribution is 0.532. The molecule has 0 N–H and O–H groups in total. The van der Waals surface area contributed by atoms with E-state index >= 15 is 0 Å². The van der Waals surface area contributed by atoms with Crippen LogP contribution >= 0.6 is 15.9 Å². The van der Waals surface area contributed by atoms with Crippen LogP contribution in [0, 0.1) is 6.92 Å². The maximum absolute atomic E-state index is 12.0. The lowest BCUT2D eigenvalue weighted by Crippen LogP contribution is -2.36. The fraction of sp³-hybridized carbons (Fsp3) is 0.615. The van der Waals surface area contributed by atoms with E-state index < -0.39 is 9.84 Å². The van der Waals surface area contributed by atoms with Crippen molar-refractivity contribution in [1.82, 2.24) is 4.98 Å². The largest absolute Gasteiger partial charge is 0.261 e. The van der Waals surface area contributed by atoms with Gasteiger partial charge in [-0.2, -0.15) is 0 Å². The summed E-state index contributed by atoms with van der Waals surface area (Å²) in [6.45, 7) is 1.99. The molecule has 5 heteroatoms. The molecule has 1 saturated heterocycles. The third-order valence-electron chi connectivity index (χ3n) is 3.41. The summed E-state index contributed by atoms with van der Waals surface area (Å²) in [7, 11) is -2.93. The first-order valence-electron chi connectivity index (χ1n) is 6.26. The molecule has 0 amide bonds. The average Bonchev–Trinajstić information content (AvgIpc) is 2.31. The first kappa shape index (κ1) is 14.0. The van der Waals surface area contributed by atoms with Gasteiger partial charge in [-0.3, -0.25) is 4.98 Å². The van der Waals surface area contributed by atoms with Gasteiger partial charge in [0.05, 0.1) is 11.0 Å². The van der Waals surface area contributed by atoms with Gasteiger partial charge in [0.25, 0.3) is 0 Å². The smallest absolute Gasteiger partial charge is 0.154 e. The van der Waals surface area contributed by atoms with E-state index in [9.17, 15) is 8.42 Å². The normalized spacial score (nSPS) is 24.7. The number of pyridine rings is 1. The van der Waals surface area contributed by atoms with Gasteiger partial charge >= 0.3 is 0 Å². The van der Waals surface area contributed by atoms with Gasteiger partial charge in [0.15, 0.2) is 9.84 Å². The summed E-state index contributed by atoms with van der Waals surface area (Å²) in [5.74, 6) is 0.334. The molecule has 2 unspecified atom stereocenters. The minimum absolute atomic E-state index is 0.0296. The van der Waals surface area contributed by atoms with Crippen LogP contribution in [-0.4, -0.2) is 29.2 Å². The third kappa shape index (κ3) is 3.32. The Kier molecular flexibility index (Phi) is 4.43. The van der Waals surface area contributed by atoms with E-state index in [4.69, 9.17) is 0 Å². The predicted molar refractivity (Wildman–Crippen MR) is 76.8 cm³/mol. The summed E-state index contributed by atoms with van der Waals surface area (Å²) in [4.78, 5) is 4.31. The maximum atomic E-state index is 12.0. The molecular weight excluding hydrogens is 314 g/mol. The van der Waals surface area contributed by atoms with E-state index in [1.54, 1.807) is 0 Å². The second kappa shape index (κ2) is 5.70. The van der Waals surface area contributed by atoms with Crippen LogP contribution in [0.25, 0.3) is 0 Å². The molecule has 2 rings (SSSR count). The maximum Gasteiger partial charge on any atom is 0.154 e. The Morgan fingerprint density at radius 2 is 2.22 bits per heavy atom. The summed E-state index contributed by atoms with van der Waals surface area (Å²) in [6.07, 6.45) is 5.08. The van der Waals surface area contributed by atoms with Crippen molar-refractivity contribution in [1.29, 1.82) is 0 Å². The van der Waals surface area contributed by atoms with E-state index in [-0.39, 0.29) is 10.1 Å². The number of sulfone groups is 1. The molecular formula is C13H18BrNO2S. The predicted octanol–water partition coefficient (Wildman–Crippen LogP) is 2.66. The fourth-order valence-electron chi connectivity index (χ4n) is 2.34. The second-order valence-corrected chi connectivity index (χ2v) is 8.46. The minimum Gasteiger partial charge on any atom is -0.261 e. The van der Waals surface area contributed by atoms with Crippen molar-refractivity contribution in [2.45, 2.75) is 42.7 Å². The lowest BCUT2D eigenvalue weighted by atomic mass is 10.1. The van der Waals surface area contributed by atoms with Gasteiger partial charge in [-0.1, -0.05) is 28.4 Å². The molecule has 0 bridgehead atoms. The van der Waals surface area contributed by atoms with Gasteiger partial charge in [0.1, 0.15) is 0 Å². The van der Waals surface area contributed by atoms with Crippen molar-refractivity contribution in [2.75, 3.05) is 5.75 Å². The minimum atomic E-state index is -2.93. The molecule has 0 saturated carbocycles. The topological polar surface area (TPSA) is 47.0 Å². The fourth-order valence-corrected chi connectivity index (χ4v) is 5.90. The van der Waals surface area contributed by atoms with Crippen molar-refractivity contribution in [3.8, 4) is 0 Å². The van der Waals surface area contributed by atoms with Crippen LogP contribution in [0.1, 0.15) is 30.5 Å². The molecule has 0 aromatic carbocycles. The Morgan fingerprint density at radius 1 is 1.44 bits per heavy atom. The molecule has 100 valence electrons. The van der Waals surface area contributed by atoms with E-state index in [1.807, 2.05) is 25.3 Å². The van der Waals surface area contributed by atoms with Crippen molar-refractivity contribution in [3.63, 3.8) is 0 Å². The highest BCUT2D eigenvalue weighted by molar-refractivity contribution is 9.09. The third-order valence-corrected chi connectivity index (χ3v) is 7.07. The van der Waals surface area contributed by atoms with E-state index in [2.05, 4.69) is 20.9 Å². The number of aromatic nitrogens is 1. The van der Waals surface area contributed by atoms with Crippen LogP contribution in [0.3, 0.4) is 0 Å². The van der Waals surface area contributed by atoms with Crippen LogP contribution in [0.4, 0.5) is 0 Å². The van der Waals surface area contributed by atoms with Crippen molar-refractivity contribution < 1.29 is 8.42 Å². The molecule has 0 radical (unpaired) electrons. The first-order chi connectivity index (χ1) is 8.49. The number of hydrogen-bond donors (Lipinski definition) is 0. The van der Waals surface area contributed by atoms with Gasteiger partial charge in [0.2, 0.25) is 0 Å². The first-order valence-corrected chi connectivity index (χ1v) is 8.89. The zero-order chi connectivity index (χ0) is 13.2. The second-order valence-electron chi connectivity index (χ2n) is 4.95. The summed E-state index contributed by atoms with van der Waals surface area (Å²) in [5.41, 5.74) is 2.07.